The van der Waals surface area contributed by atoms with Crippen LogP contribution in [-0.4, -0.2) is 7.05 Å². The minimum absolute atomic E-state index is 0.846. The van der Waals surface area contributed by atoms with Gasteiger partial charge < -0.3 is 11.1 Å². The monoisotopic (exact) mass is 136 g/mol. The largest absolute Gasteiger partial charge is 0.399 e. The number of benzene rings is 1. The molecule has 0 saturated heterocycles. The molecule has 0 amide bonds. The smallest absolute Gasteiger partial charge is 0.0345 e. The van der Waals surface area contributed by atoms with E-state index in [1.807, 2.05) is 32.2 Å². The Balaban J connectivity index is 3.04. The van der Waals surface area contributed by atoms with Crippen molar-refractivity contribution >= 4 is 11.4 Å². The van der Waals surface area contributed by atoms with E-state index >= 15 is 0 Å². The number of nitrogens with two attached hydrogens (primary N) is 1. The van der Waals surface area contributed by atoms with Gasteiger partial charge in [0.1, 0.15) is 0 Å². The van der Waals surface area contributed by atoms with Crippen LogP contribution in [0.4, 0.5) is 11.4 Å². The average molecular weight is 136 g/mol. The zero-order chi connectivity index (χ0) is 7.56. The van der Waals surface area contributed by atoms with E-state index in [9.17, 15) is 0 Å². The van der Waals surface area contributed by atoms with Crippen molar-refractivity contribution in [2.24, 2.45) is 0 Å². The number of hydrogen-bond acceptors (Lipinski definition) is 2. The Kier molecular flexibility index (Phi) is 1.81. The number of rotatable bonds is 1. The summed E-state index contributed by atoms with van der Waals surface area (Å²) in [5.41, 5.74) is 8.68. The van der Waals surface area contributed by atoms with Crippen LogP contribution in [0.15, 0.2) is 18.2 Å². The maximum absolute atomic E-state index is 5.62. The van der Waals surface area contributed by atoms with Gasteiger partial charge in [0.05, 0.1) is 0 Å². The summed E-state index contributed by atoms with van der Waals surface area (Å²) >= 11 is 0. The van der Waals surface area contributed by atoms with E-state index in [1.165, 1.54) is 0 Å². The SMILES string of the molecule is CNc1ccc(N)c(C)c1. The molecule has 0 aliphatic heterocycles. The third-order valence-corrected chi connectivity index (χ3v) is 1.56. The van der Waals surface area contributed by atoms with Crippen LogP contribution in [0, 0.1) is 6.92 Å². The summed E-state index contributed by atoms with van der Waals surface area (Å²) in [6.07, 6.45) is 0. The molecule has 0 aliphatic rings. The van der Waals surface area contributed by atoms with Gasteiger partial charge in [0.15, 0.2) is 0 Å². The van der Waals surface area contributed by atoms with Gasteiger partial charge in [0.25, 0.3) is 0 Å². The van der Waals surface area contributed by atoms with E-state index in [1.54, 1.807) is 0 Å². The second-order valence-corrected chi connectivity index (χ2v) is 2.32. The van der Waals surface area contributed by atoms with Crippen LogP contribution < -0.4 is 11.1 Å². The highest BCUT2D eigenvalue weighted by Crippen LogP contribution is 2.15. The summed E-state index contributed by atoms with van der Waals surface area (Å²) in [7, 11) is 1.89. The molecule has 0 aromatic heterocycles. The Morgan fingerprint density at radius 2 is 2.10 bits per heavy atom. The molecule has 0 aliphatic carbocycles. The maximum Gasteiger partial charge on any atom is 0.0345 e. The molecule has 54 valence electrons. The lowest BCUT2D eigenvalue weighted by molar-refractivity contribution is 1.43. The first-order valence-corrected chi connectivity index (χ1v) is 3.28. The van der Waals surface area contributed by atoms with E-state index in [4.69, 9.17) is 5.73 Å². The summed E-state index contributed by atoms with van der Waals surface area (Å²) in [6.45, 7) is 2.00. The van der Waals surface area contributed by atoms with Crippen LogP contribution in [-0.2, 0) is 0 Å². The molecule has 2 nitrogen and oxygen atoms in total. The van der Waals surface area contributed by atoms with Crippen molar-refractivity contribution in [3.8, 4) is 0 Å². The number of aryl methyl sites for hydroxylation is 1. The van der Waals surface area contributed by atoms with Crippen LogP contribution in [0.3, 0.4) is 0 Å². The Bertz CT molecular complexity index is 231. The molecule has 0 heterocycles. The normalized spacial score (nSPS) is 9.40. The average Bonchev–Trinajstić information content (AvgIpc) is 1.95. The number of nitrogens with one attached hydrogen (secondary N) is 1. The molecule has 1 rings (SSSR count). The van der Waals surface area contributed by atoms with E-state index in [0.717, 1.165) is 16.9 Å². The zero-order valence-electron chi connectivity index (χ0n) is 6.31. The summed E-state index contributed by atoms with van der Waals surface area (Å²) < 4.78 is 0. The number of nitrogen functional groups attached to an aromatic ring is 1. The molecule has 1 aromatic rings. The standard InChI is InChI=1S/C8H12N2/c1-6-5-7(10-2)3-4-8(6)9/h3-5,10H,9H2,1-2H3. The second kappa shape index (κ2) is 2.60. The van der Waals surface area contributed by atoms with Gasteiger partial charge in [-0.25, -0.2) is 0 Å². The Labute approximate surface area is 61.1 Å². The quantitative estimate of drug-likeness (QED) is 0.576. The molecule has 2 heteroatoms. The van der Waals surface area contributed by atoms with Crippen molar-refractivity contribution in [3.05, 3.63) is 23.8 Å². The van der Waals surface area contributed by atoms with Crippen molar-refractivity contribution in [2.45, 2.75) is 6.92 Å². The van der Waals surface area contributed by atoms with Crippen LogP contribution in [0.5, 0.6) is 0 Å². The summed E-state index contributed by atoms with van der Waals surface area (Å²) in [4.78, 5) is 0. The Morgan fingerprint density at radius 3 is 2.60 bits per heavy atom. The summed E-state index contributed by atoms with van der Waals surface area (Å²) in [6, 6.07) is 5.89. The van der Waals surface area contributed by atoms with E-state index in [2.05, 4.69) is 5.32 Å². The van der Waals surface area contributed by atoms with Crippen LogP contribution >= 0.6 is 0 Å². The predicted octanol–water partition coefficient (Wildman–Crippen LogP) is 1.62. The molecule has 0 bridgehead atoms. The van der Waals surface area contributed by atoms with Gasteiger partial charge in [-0.1, -0.05) is 0 Å². The first-order valence-electron chi connectivity index (χ1n) is 3.28. The van der Waals surface area contributed by atoms with Crippen molar-refractivity contribution in [2.75, 3.05) is 18.1 Å². The van der Waals surface area contributed by atoms with Crippen molar-refractivity contribution in [3.63, 3.8) is 0 Å². The van der Waals surface area contributed by atoms with Crippen LogP contribution in [0.1, 0.15) is 5.56 Å². The molecule has 0 radical (unpaired) electrons. The minimum Gasteiger partial charge on any atom is -0.399 e. The van der Waals surface area contributed by atoms with Gasteiger partial charge in [-0.15, -0.1) is 0 Å². The molecule has 0 saturated carbocycles. The highest BCUT2D eigenvalue weighted by Gasteiger charge is 1.92. The first kappa shape index (κ1) is 6.93. The molecule has 0 atom stereocenters. The third kappa shape index (κ3) is 1.21. The minimum atomic E-state index is 0.846. The molecule has 3 N–H and O–H groups in total. The van der Waals surface area contributed by atoms with Crippen molar-refractivity contribution < 1.29 is 0 Å². The first-order chi connectivity index (χ1) is 4.74. The van der Waals surface area contributed by atoms with Gasteiger partial charge in [0, 0.05) is 18.4 Å². The lowest BCUT2D eigenvalue weighted by Gasteiger charge is -2.02. The maximum atomic E-state index is 5.62. The highest BCUT2D eigenvalue weighted by atomic mass is 14.8. The molecule has 1 aromatic carbocycles. The van der Waals surface area contributed by atoms with Crippen molar-refractivity contribution in [1.82, 2.24) is 0 Å². The molecule has 10 heavy (non-hydrogen) atoms. The van der Waals surface area contributed by atoms with Gasteiger partial charge in [-0.05, 0) is 30.7 Å². The topological polar surface area (TPSA) is 38.0 Å². The molecule has 0 spiro atoms. The summed E-state index contributed by atoms with van der Waals surface area (Å²) in [5, 5.41) is 3.04. The molecular weight excluding hydrogens is 124 g/mol. The fraction of sp³-hybridized carbons (Fsp3) is 0.250. The predicted molar refractivity (Wildman–Crippen MR) is 45.1 cm³/mol. The van der Waals surface area contributed by atoms with E-state index in [0.29, 0.717) is 0 Å². The third-order valence-electron chi connectivity index (χ3n) is 1.56. The fourth-order valence-corrected chi connectivity index (χ4v) is 0.831. The van der Waals surface area contributed by atoms with Crippen LogP contribution in [0.2, 0.25) is 0 Å². The zero-order valence-corrected chi connectivity index (χ0v) is 6.31. The molecule has 0 fully saturated rings. The molecule has 0 unspecified atom stereocenters. The van der Waals surface area contributed by atoms with Gasteiger partial charge in [0.2, 0.25) is 0 Å². The van der Waals surface area contributed by atoms with Gasteiger partial charge >= 0.3 is 0 Å². The van der Waals surface area contributed by atoms with Gasteiger partial charge in [-0.2, -0.15) is 0 Å². The van der Waals surface area contributed by atoms with Crippen molar-refractivity contribution in [1.29, 1.82) is 0 Å². The lowest BCUT2D eigenvalue weighted by atomic mass is 10.2. The highest BCUT2D eigenvalue weighted by molar-refractivity contribution is 5.56. The number of hydrogen-bond donors (Lipinski definition) is 2. The van der Waals surface area contributed by atoms with Crippen LogP contribution in [0.25, 0.3) is 0 Å². The second-order valence-electron chi connectivity index (χ2n) is 2.32. The molecular formula is C8H12N2. The van der Waals surface area contributed by atoms with E-state index < -0.39 is 0 Å². The Hall–Kier alpha value is -1.18. The van der Waals surface area contributed by atoms with Gasteiger partial charge in [-0.3, -0.25) is 0 Å². The lowest BCUT2D eigenvalue weighted by Crippen LogP contribution is -1.92. The Morgan fingerprint density at radius 1 is 1.40 bits per heavy atom. The van der Waals surface area contributed by atoms with E-state index in [-0.39, 0.29) is 0 Å². The fourth-order valence-electron chi connectivity index (χ4n) is 0.831. The summed E-state index contributed by atoms with van der Waals surface area (Å²) in [5.74, 6) is 0. The number of anilines is 2.